The molecular weight excluding hydrogens is 637 g/mol. The molecule has 11 rings (SSSR count). The topological polar surface area (TPSA) is 126 Å². The quantitative estimate of drug-likeness (QED) is 0.184. The molecule has 0 aliphatic carbocycles. The van der Waals surface area contributed by atoms with Crippen LogP contribution < -0.4 is 0 Å². The Labute approximate surface area is 287 Å². The Balaban J connectivity index is 1.07. The third-order valence-corrected chi connectivity index (χ3v) is 9.57. The minimum absolute atomic E-state index is 0.694. The summed E-state index contributed by atoms with van der Waals surface area (Å²) >= 11 is 0. The van der Waals surface area contributed by atoms with E-state index >= 15 is 0 Å². The van der Waals surface area contributed by atoms with Gasteiger partial charge in [-0.1, -0.05) is 48.5 Å². The van der Waals surface area contributed by atoms with Gasteiger partial charge in [0.25, 0.3) is 0 Å². The van der Waals surface area contributed by atoms with Crippen LogP contribution in [-0.2, 0) is 0 Å². The number of hydrogen-bond donors (Lipinski definition) is 0. The van der Waals surface area contributed by atoms with Crippen molar-refractivity contribution >= 4 is 65.8 Å². The molecule has 0 bridgehead atoms. The predicted octanol–water partition coefficient (Wildman–Crippen LogP) is 8.27. The number of nitrogens with zero attached hydrogens (tertiary/aromatic N) is 10. The lowest BCUT2D eigenvalue weighted by Gasteiger charge is -2.08. The maximum absolute atomic E-state index is 6.23. The predicted molar refractivity (Wildman–Crippen MR) is 196 cm³/mol. The molecule has 7 heterocycles. The smallest absolute Gasteiger partial charge is 0.153 e. The van der Waals surface area contributed by atoms with Crippen LogP contribution in [0.15, 0.2) is 138 Å². The molecule has 11 nitrogen and oxygen atoms in total. The van der Waals surface area contributed by atoms with Gasteiger partial charge in [0.15, 0.2) is 11.2 Å². The second-order valence-corrected chi connectivity index (χ2v) is 12.4. The zero-order valence-corrected chi connectivity index (χ0v) is 26.6. The lowest BCUT2D eigenvalue weighted by atomic mass is 10.0. The molecule has 0 unspecified atom stereocenters. The second kappa shape index (κ2) is 10.5. The van der Waals surface area contributed by atoms with E-state index in [1.807, 2.05) is 36.4 Å². The highest BCUT2D eigenvalue weighted by Crippen LogP contribution is 2.37. The Morgan fingerprint density at radius 1 is 0.431 bits per heavy atom. The van der Waals surface area contributed by atoms with Gasteiger partial charge >= 0.3 is 0 Å². The molecular formula is C40H22N10O. The Kier molecular flexibility index (Phi) is 5.70. The average molecular weight is 659 g/mol. The van der Waals surface area contributed by atoms with Crippen LogP contribution in [0.4, 0.5) is 0 Å². The summed E-state index contributed by atoms with van der Waals surface area (Å²) in [6.07, 6.45) is 7.09. The van der Waals surface area contributed by atoms with E-state index in [2.05, 4.69) is 113 Å². The molecule has 0 saturated carbocycles. The summed E-state index contributed by atoms with van der Waals surface area (Å²) in [6, 6.07) is 37.2. The van der Waals surface area contributed by atoms with E-state index in [9.17, 15) is 0 Å². The third kappa shape index (κ3) is 4.12. The molecule has 0 aliphatic heterocycles. The van der Waals surface area contributed by atoms with Crippen molar-refractivity contribution in [2.75, 3.05) is 0 Å². The number of hydrogen-bond acceptors (Lipinski definition) is 9. The largest absolute Gasteiger partial charge is 0.453 e. The first kappa shape index (κ1) is 27.5. The van der Waals surface area contributed by atoms with E-state index in [0.717, 1.165) is 88.5 Å². The van der Waals surface area contributed by atoms with Gasteiger partial charge in [-0.3, -0.25) is 9.97 Å². The summed E-state index contributed by atoms with van der Waals surface area (Å²) in [7, 11) is 0. The van der Waals surface area contributed by atoms with Crippen molar-refractivity contribution in [1.82, 2.24) is 49.9 Å². The first-order valence-corrected chi connectivity index (χ1v) is 16.3. The number of fused-ring (bicyclic) bond motifs is 9. The van der Waals surface area contributed by atoms with Crippen LogP contribution in [0.2, 0.25) is 0 Å². The van der Waals surface area contributed by atoms with Crippen molar-refractivity contribution < 1.29 is 4.42 Å². The SMILES string of the molecule is c1ccc(-n2c3cc(-c4cc5c(cn4)oc4cnc(-c6ccc7c8nnncc8n(-c8ccccc8)c7c6)cc45)ccc3c3nnncc32)cc1. The van der Waals surface area contributed by atoms with Crippen LogP contribution >= 0.6 is 0 Å². The van der Waals surface area contributed by atoms with Crippen molar-refractivity contribution in [1.29, 1.82) is 0 Å². The summed E-state index contributed by atoms with van der Waals surface area (Å²) in [5, 5.41) is 28.7. The fraction of sp³-hybridized carbons (Fsp3) is 0. The number of para-hydroxylation sites is 2. The van der Waals surface area contributed by atoms with Gasteiger partial charge in [-0.25, -0.2) is 0 Å². The maximum Gasteiger partial charge on any atom is 0.153 e. The molecule has 0 atom stereocenters. The molecule has 11 aromatic rings. The lowest BCUT2D eigenvalue weighted by Crippen LogP contribution is -1.95. The first-order valence-electron chi connectivity index (χ1n) is 16.3. The Bertz CT molecular complexity index is 2940. The highest BCUT2D eigenvalue weighted by Gasteiger charge is 2.19. The van der Waals surface area contributed by atoms with Gasteiger partial charge in [0.1, 0.15) is 11.0 Å². The molecule has 0 fully saturated rings. The van der Waals surface area contributed by atoms with Gasteiger partial charge in [-0.15, -0.1) is 20.4 Å². The van der Waals surface area contributed by atoms with E-state index in [1.54, 1.807) is 24.8 Å². The normalized spacial score (nSPS) is 11.9. The van der Waals surface area contributed by atoms with Gasteiger partial charge in [0.05, 0.1) is 58.2 Å². The van der Waals surface area contributed by atoms with Crippen molar-refractivity contribution in [2.45, 2.75) is 0 Å². The van der Waals surface area contributed by atoms with Crippen LogP contribution in [0.5, 0.6) is 0 Å². The van der Waals surface area contributed by atoms with Crippen LogP contribution in [0, 0.1) is 0 Å². The molecule has 238 valence electrons. The molecule has 4 aromatic carbocycles. The van der Waals surface area contributed by atoms with Gasteiger partial charge in [0.2, 0.25) is 0 Å². The van der Waals surface area contributed by atoms with Crippen LogP contribution in [0.3, 0.4) is 0 Å². The van der Waals surface area contributed by atoms with Crippen molar-refractivity contribution in [3.05, 3.63) is 134 Å². The number of rotatable bonds is 4. The van der Waals surface area contributed by atoms with Crippen LogP contribution in [-0.4, -0.2) is 49.9 Å². The molecule has 0 radical (unpaired) electrons. The maximum atomic E-state index is 6.23. The summed E-state index contributed by atoms with van der Waals surface area (Å²) in [5.74, 6) is 0. The highest BCUT2D eigenvalue weighted by atomic mass is 16.3. The standard InChI is InChI=1S/C40H22N10O/c1-3-7-25(8-4-1)49-33-15-23(11-13-27(33)39-35(49)19-43-47-45-39)31-17-29-30-18-32(42-22-38(30)51-37(29)21-41-31)24-12-14-28-34(16-24)50(26-9-5-2-6-10-26)36-20-44-48-46-40(28)36/h1-22H. The van der Waals surface area contributed by atoms with E-state index in [-0.39, 0.29) is 0 Å². The fourth-order valence-corrected chi connectivity index (χ4v) is 7.26. The van der Waals surface area contributed by atoms with Gasteiger partial charge in [-0.2, -0.15) is 0 Å². The third-order valence-electron chi connectivity index (χ3n) is 9.57. The summed E-state index contributed by atoms with van der Waals surface area (Å²) in [6.45, 7) is 0. The molecule has 0 aliphatic rings. The van der Waals surface area contributed by atoms with Crippen LogP contribution in [0.25, 0.3) is 99.7 Å². The summed E-state index contributed by atoms with van der Waals surface area (Å²) in [4.78, 5) is 9.65. The minimum Gasteiger partial charge on any atom is -0.453 e. The zero-order chi connectivity index (χ0) is 33.5. The second-order valence-electron chi connectivity index (χ2n) is 12.4. The summed E-state index contributed by atoms with van der Waals surface area (Å²) in [5.41, 5.74) is 12.3. The number of pyridine rings is 2. The Morgan fingerprint density at radius 2 is 0.902 bits per heavy atom. The van der Waals surface area contributed by atoms with Crippen molar-refractivity contribution in [2.24, 2.45) is 0 Å². The summed E-state index contributed by atoms with van der Waals surface area (Å²) < 4.78 is 10.6. The Hall–Kier alpha value is -7.40. The molecule has 0 amide bonds. The fourth-order valence-electron chi connectivity index (χ4n) is 7.26. The molecule has 7 aromatic heterocycles. The first-order chi connectivity index (χ1) is 25.3. The Morgan fingerprint density at radius 3 is 1.37 bits per heavy atom. The van der Waals surface area contributed by atoms with Gasteiger partial charge < -0.3 is 13.6 Å². The van der Waals surface area contributed by atoms with E-state index in [4.69, 9.17) is 14.4 Å². The number of aromatic nitrogens is 10. The van der Waals surface area contributed by atoms with Crippen molar-refractivity contribution in [3.8, 4) is 33.9 Å². The minimum atomic E-state index is 0.694. The van der Waals surface area contributed by atoms with E-state index in [1.165, 1.54) is 0 Å². The highest BCUT2D eigenvalue weighted by molar-refractivity contribution is 6.10. The molecule has 0 N–H and O–H groups in total. The molecule has 0 saturated heterocycles. The molecule has 0 spiro atoms. The molecule has 51 heavy (non-hydrogen) atoms. The van der Waals surface area contributed by atoms with E-state index < -0.39 is 0 Å². The number of benzene rings is 4. The van der Waals surface area contributed by atoms with Gasteiger partial charge in [0, 0.05) is 44.0 Å². The average Bonchev–Trinajstić information content (AvgIpc) is 3.85. The monoisotopic (exact) mass is 658 g/mol. The lowest BCUT2D eigenvalue weighted by molar-refractivity contribution is 0.665. The van der Waals surface area contributed by atoms with Crippen molar-refractivity contribution in [3.63, 3.8) is 0 Å². The van der Waals surface area contributed by atoms with E-state index in [0.29, 0.717) is 11.2 Å². The number of furan rings is 1. The van der Waals surface area contributed by atoms with Gasteiger partial charge in [-0.05, 0) is 71.1 Å². The zero-order valence-electron chi connectivity index (χ0n) is 26.6. The molecule has 11 heteroatoms. The van der Waals surface area contributed by atoms with Crippen LogP contribution in [0.1, 0.15) is 0 Å².